The van der Waals surface area contributed by atoms with E-state index in [0.29, 0.717) is 12.1 Å². The third-order valence-electron chi connectivity index (χ3n) is 4.17. The van der Waals surface area contributed by atoms with Gasteiger partial charge in [0.25, 0.3) is 0 Å². The molecule has 0 fully saturated rings. The van der Waals surface area contributed by atoms with Crippen LogP contribution in [0.1, 0.15) is 83.7 Å². The molecular formula is C19H32BrN. The fraction of sp³-hybridized carbons (Fsp3) is 0.684. The van der Waals surface area contributed by atoms with E-state index in [1.807, 2.05) is 0 Å². The molecule has 1 aromatic rings. The van der Waals surface area contributed by atoms with Crippen LogP contribution in [0.4, 0.5) is 0 Å². The van der Waals surface area contributed by atoms with E-state index in [4.69, 9.17) is 0 Å². The molecule has 0 spiro atoms. The molecule has 0 amide bonds. The van der Waals surface area contributed by atoms with E-state index >= 15 is 0 Å². The Morgan fingerprint density at radius 1 is 0.905 bits per heavy atom. The molecule has 120 valence electrons. The van der Waals surface area contributed by atoms with Gasteiger partial charge in [-0.2, -0.15) is 0 Å². The largest absolute Gasteiger partial charge is 0.307 e. The van der Waals surface area contributed by atoms with Crippen molar-refractivity contribution in [3.8, 4) is 0 Å². The van der Waals surface area contributed by atoms with Gasteiger partial charge in [0.2, 0.25) is 0 Å². The summed E-state index contributed by atoms with van der Waals surface area (Å²) >= 11 is 3.51. The van der Waals surface area contributed by atoms with E-state index in [1.165, 1.54) is 56.9 Å². The second kappa shape index (κ2) is 11.3. The lowest BCUT2D eigenvalue weighted by atomic mass is 9.99. The SMILES string of the molecule is CCCCCC(CCCCC)NC(C)c1ccc(Br)cc1. The van der Waals surface area contributed by atoms with Crippen molar-refractivity contribution < 1.29 is 0 Å². The van der Waals surface area contributed by atoms with Gasteiger partial charge in [-0.1, -0.05) is 80.4 Å². The van der Waals surface area contributed by atoms with Gasteiger partial charge in [-0.3, -0.25) is 0 Å². The number of unbranched alkanes of at least 4 members (excludes halogenated alkanes) is 4. The Balaban J connectivity index is 2.49. The summed E-state index contributed by atoms with van der Waals surface area (Å²) in [5, 5.41) is 3.86. The van der Waals surface area contributed by atoms with Crippen molar-refractivity contribution in [1.29, 1.82) is 0 Å². The smallest absolute Gasteiger partial charge is 0.0294 e. The summed E-state index contributed by atoms with van der Waals surface area (Å²) < 4.78 is 1.15. The number of halogens is 1. The van der Waals surface area contributed by atoms with Gasteiger partial charge < -0.3 is 5.32 Å². The molecule has 0 aliphatic rings. The van der Waals surface area contributed by atoms with Crippen molar-refractivity contribution in [3.05, 3.63) is 34.3 Å². The zero-order valence-corrected chi connectivity index (χ0v) is 15.6. The van der Waals surface area contributed by atoms with Crippen LogP contribution in [0.3, 0.4) is 0 Å². The minimum Gasteiger partial charge on any atom is -0.307 e. The van der Waals surface area contributed by atoms with Crippen molar-refractivity contribution in [2.45, 2.75) is 84.2 Å². The molecule has 1 N–H and O–H groups in total. The van der Waals surface area contributed by atoms with Crippen molar-refractivity contribution in [2.24, 2.45) is 0 Å². The van der Waals surface area contributed by atoms with Crippen LogP contribution in [0.5, 0.6) is 0 Å². The van der Waals surface area contributed by atoms with Crippen LogP contribution in [-0.4, -0.2) is 6.04 Å². The van der Waals surface area contributed by atoms with Crippen LogP contribution in [0.15, 0.2) is 28.7 Å². The lowest BCUT2D eigenvalue weighted by Gasteiger charge is -2.24. The van der Waals surface area contributed by atoms with Crippen LogP contribution in [0.2, 0.25) is 0 Å². The molecule has 1 aromatic carbocycles. The third-order valence-corrected chi connectivity index (χ3v) is 4.70. The summed E-state index contributed by atoms with van der Waals surface area (Å²) in [6.07, 6.45) is 10.7. The first-order chi connectivity index (χ1) is 10.2. The third kappa shape index (κ3) is 8.01. The van der Waals surface area contributed by atoms with Crippen LogP contribution in [0.25, 0.3) is 0 Å². The first-order valence-electron chi connectivity index (χ1n) is 8.68. The zero-order chi connectivity index (χ0) is 15.5. The average Bonchev–Trinajstić information content (AvgIpc) is 2.48. The fourth-order valence-electron chi connectivity index (χ4n) is 2.79. The predicted octanol–water partition coefficient (Wildman–Crippen LogP) is 6.63. The quantitative estimate of drug-likeness (QED) is 0.440. The summed E-state index contributed by atoms with van der Waals surface area (Å²) in [7, 11) is 0. The van der Waals surface area contributed by atoms with Crippen molar-refractivity contribution in [1.82, 2.24) is 5.32 Å². The summed E-state index contributed by atoms with van der Waals surface area (Å²) in [6.45, 7) is 6.85. The van der Waals surface area contributed by atoms with E-state index in [2.05, 4.69) is 66.3 Å². The molecular weight excluding hydrogens is 322 g/mol. The average molecular weight is 354 g/mol. The molecule has 0 bridgehead atoms. The fourth-order valence-corrected chi connectivity index (χ4v) is 3.06. The summed E-state index contributed by atoms with van der Waals surface area (Å²) in [4.78, 5) is 0. The summed E-state index contributed by atoms with van der Waals surface area (Å²) in [5.74, 6) is 0. The van der Waals surface area contributed by atoms with E-state index in [-0.39, 0.29) is 0 Å². The Kier molecular flexibility index (Phi) is 10.0. The van der Waals surface area contributed by atoms with Gasteiger partial charge >= 0.3 is 0 Å². The topological polar surface area (TPSA) is 12.0 Å². The molecule has 0 aliphatic carbocycles. The highest BCUT2D eigenvalue weighted by Crippen LogP contribution is 2.19. The van der Waals surface area contributed by atoms with Crippen molar-refractivity contribution in [2.75, 3.05) is 0 Å². The number of benzene rings is 1. The lowest BCUT2D eigenvalue weighted by Crippen LogP contribution is -2.31. The summed E-state index contributed by atoms with van der Waals surface area (Å²) in [5.41, 5.74) is 1.38. The monoisotopic (exact) mass is 353 g/mol. The summed E-state index contributed by atoms with van der Waals surface area (Å²) in [6, 6.07) is 9.81. The lowest BCUT2D eigenvalue weighted by molar-refractivity contribution is 0.384. The molecule has 0 saturated heterocycles. The number of hydrogen-bond donors (Lipinski definition) is 1. The van der Waals surface area contributed by atoms with E-state index in [9.17, 15) is 0 Å². The van der Waals surface area contributed by atoms with Crippen molar-refractivity contribution >= 4 is 15.9 Å². The van der Waals surface area contributed by atoms with Crippen LogP contribution in [0, 0.1) is 0 Å². The number of hydrogen-bond acceptors (Lipinski definition) is 1. The van der Waals surface area contributed by atoms with Crippen LogP contribution >= 0.6 is 15.9 Å². The number of nitrogens with one attached hydrogen (secondary N) is 1. The van der Waals surface area contributed by atoms with Gasteiger partial charge in [-0.05, 0) is 37.5 Å². The Morgan fingerprint density at radius 2 is 1.43 bits per heavy atom. The zero-order valence-electron chi connectivity index (χ0n) is 14.0. The van der Waals surface area contributed by atoms with Gasteiger partial charge in [0.15, 0.2) is 0 Å². The molecule has 0 heterocycles. The molecule has 1 unspecified atom stereocenters. The highest BCUT2D eigenvalue weighted by molar-refractivity contribution is 9.10. The van der Waals surface area contributed by atoms with Crippen LogP contribution in [-0.2, 0) is 0 Å². The molecule has 1 rings (SSSR count). The first kappa shape index (κ1) is 18.7. The molecule has 2 heteroatoms. The van der Waals surface area contributed by atoms with E-state index in [1.54, 1.807) is 0 Å². The minimum absolute atomic E-state index is 0.436. The molecule has 1 atom stereocenters. The Hall–Kier alpha value is -0.340. The van der Waals surface area contributed by atoms with Crippen molar-refractivity contribution in [3.63, 3.8) is 0 Å². The Bertz CT molecular complexity index is 350. The Morgan fingerprint density at radius 3 is 1.90 bits per heavy atom. The first-order valence-corrected chi connectivity index (χ1v) is 9.48. The standard InChI is InChI=1S/C19H32BrN/c1-4-6-8-10-19(11-9-7-5-2)21-16(3)17-12-14-18(20)15-13-17/h12-16,19,21H,4-11H2,1-3H3. The van der Waals surface area contributed by atoms with E-state index in [0.717, 1.165) is 4.47 Å². The van der Waals surface area contributed by atoms with Crippen LogP contribution < -0.4 is 5.32 Å². The van der Waals surface area contributed by atoms with Gasteiger partial charge in [0.1, 0.15) is 0 Å². The predicted molar refractivity (Wildman–Crippen MR) is 97.8 cm³/mol. The second-order valence-electron chi connectivity index (χ2n) is 6.13. The van der Waals surface area contributed by atoms with Gasteiger partial charge in [0, 0.05) is 16.6 Å². The molecule has 21 heavy (non-hydrogen) atoms. The maximum atomic E-state index is 3.86. The maximum absolute atomic E-state index is 3.86. The van der Waals surface area contributed by atoms with Gasteiger partial charge in [-0.15, -0.1) is 0 Å². The normalized spacial score (nSPS) is 12.8. The van der Waals surface area contributed by atoms with E-state index < -0.39 is 0 Å². The number of rotatable bonds is 11. The minimum atomic E-state index is 0.436. The molecule has 0 radical (unpaired) electrons. The van der Waals surface area contributed by atoms with Gasteiger partial charge in [0.05, 0.1) is 0 Å². The molecule has 0 saturated carbocycles. The Labute approximate surface area is 140 Å². The highest BCUT2D eigenvalue weighted by atomic mass is 79.9. The highest BCUT2D eigenvalue weighted by Gasteiger charge is 2.13. The molecule has 1 nitrogen and oxygen atoms in total. The second-order valence-corrected chi connectivity index (χ2v) is 7.04. The van der Waals surface area contributed by atoms with Gasteiger partial charge in [-0.25, -0.2) is 0 Å². The molecule has 0 aromatic heterocycles. The molecule has 0 aliphatic heterocycles. The maximum Gasteiger partial charge on any atom is 0.0294 e.